The molecule has 1 heterocycles. The number of alkyl halides is 5. The molecule has 0 aliphatic heterocycles. The summed E-state index contributed by atoms with van der Waals surface area (Å²) in [4.78, 5) is 8.48. The molecule has 2 N–H and O–H groups in total. The number of nitrogens with zero attached hydrogens (tertiary/aromatic N) is 2. The van der Waals surface area contributed by atoms with Crippen molar-refractivity contribution in [2.75, 3.05) is 17.7 Å². The molecule has 0 unspecified atom stereocenters. The summed E-state index contributed by atoms with van der Waals surface area (Å²) in [5.41, 5.74) is 1.24. The lowest BCUT2D eigenvalue weighted by Crippen LogP contribution is -2.17. The van der Waals surface area contributed by atoms with Crippen LogP contribution in [0.15, 0.2) is 54.6 Å². The van der Waals surface area contributed by atoms with Gasteiger partial charge in [0.1, 0.15) is 17.3 Å². The van der Waals surface area contributed by atoms with Crippen LogP contribution < -0.4 is 20.1 Å². The maximum Gasteiger partial charge on any atom is 0.573 e. The Labute approximate surface area is 167 Å². The van der Waals surface area contributed by atoms with E-state index in [0.29, 0.717) is 22.8 Å². The largest absolute Gasteiger partial charge is 0.573 e. The fourth-order valence-corrected chi connectivity index (χ4v) is 2.49. The standard InChI is InChI=1S/C19H15F5N4O2/c1-25-18-27-15(11-3-2-4-14(9-11)30-19(22,23)24)10-16(28-18)26-12-5-7-13(8-6-12)29-17(20)21/h2-10,17H,1H3,(H2,25,26,27,28). The van der Waals surface area contributed by atoms with E-state index in [-0.39, 0.29) is 17.4 Å². The van der Waals surface area contributed by atoms with E-state index in [1.165, 1.54) is 48.5 Å². The third-order valence-corrected chi connectivity index (χ3v) is 3.67. The highest BCUT2D eigenvalue weighted by molar-refractivity contribution is 5.68. The minimum Gasteiger partial charge on any atom is -0.435 e. The maximum atomic E-state index is 12.5. The predicted octanol–water partition coefficient (Wildman–Crippen LogP) is 5.43. The molecular weight excluding hydrogens is 411 g/mol. The molecule has 2 aromatic carbocycles. The molecule has 158 valence electrons. The summed E-state index contributed by atoms with van der Waals surface area (Å²) in [5, 5.41) is 5.75. The minimum absolute atomic E-state index is 0.00341. The van der Waals surface area contributed by atoms with Gasteiger partial charge in [-0.25, -0.2) is 4.98 Å². The summed E-state index contributed by atoms with van der Waals surface area (Å²) in [6.45, 7) is -2.93. The first-order valence-corrected chi connectivity index (χ1v) is 8.47. The van der Waals surface area contributed by atoms with Gasteiger partial charge < -0.3 is 20.1 Å². The van der Waals surface area contributed by atoms with Crippen LogP contribution in [-0.4, -0.2) is 30.0 Å². The molecule has 3 aromatic rings. The van der Waals surface area contributed by atoms with Crippen molar-refractivity contribution in [1.82, 2.24) is 9.97 Å². The quantitative estimate of drug-likeness (QED) is 0.491. The van der Waals surface area contributed by atoms with Crippen LogP contribution >= 0.6 is 0 Å². The number of benzene rings is 2. The van der Waals surface area contributed by atoms with Crippen LogP contribution in [0.4, 0.5) is 39.4 Å². The highest BCUT2D eigenvalue weighted by atomic mass is 19.4. The lowest BCUT2D eigenvalue weighted by atomic mass is 10.1. The van der Waals surface area contributed by atoms with Gasteiger partial charge in [-0.2, -0.15) is 13.8 Å². The Morgan fingerprint density at radius 3 is 2.30 bits per heavy atom. The number of aromatic nitrogens is 2. The molecule has 0 spiro atoms. The first-order valence-electron chi connectivity index (χ1n) is 8.47. The van der Waals surface area contributed by atoms with Crippen LogP contribution in [0.2, 0.25) is 0 Å². The summed E-state index contributed by atoms with van der Waals surface area (Å²) < 4.78 is 70.2. The molecule has 0 amide bonds. The van der Waals surface area contributed by atoms with Gasteiger partial charge in [-0.15, -0.1) is 13.2 Å². The van der Waals surface area contributed by atoms with Gasteiger partial charge in [-0.3, -0.25) is 0 Å². The summed E-state index contributed by atoms with van der Waals surface area (Å²) in [6, 6.07) is 12.6. The third kappa shape index (κ3) is 5.93. The maximum absolute atomic E-state index is 12.5. The Morgan fingerprint density at radius 1 is 0.933 bits per heavy atom. The van der Waals surface area contributed by atoms with Crippen molar-refractivity contribution in [2.24, 2.45) is 0 Å². The number of rotatable bonds is 7. The van der Waals surface area contributed by atoms with E-state index in [4.69, 9.17) is 0 Å². The number of hydrogen-bond acceptors (Lipinski definition) is 6. The summed E-state index contributed by atoms with van der Waals surface area (Å²) >= 11 is 0. The molecule has 0 aliphatic rings. The Kier molecular flexibility index (Phi) is 6.19. The fourth-order valence-electron chi connectivity index (χ4n) is 2.49. The molecule has 11 heteroatoms. The third-order valence-electron chi connectivity index (χ3n) is 3.67. The van der Waals surface area contributed by atoms with Gasteiger partial charge in [0.2, 0.25) is 5.95 Å². The van der Waals surface area contributed by atoms with Crippen molar-refractivity contribution in [3.8, 4) is 22.8 Å². The number of ether oxygens (including phenoxy) is 2. The highest BCUT2D eigenvalue weighted by Crippen LogP contribution is 2.29. The molecule has 0 saturated heterocycles. The van der Waals surface area contributed by atoms with Gasteiger partial charge in [0.15, 0.2) is 0 Å². The Bertz CT molecular complexity index is 997. The van der Waals surface area contributed by atoms with Gasteiger partial charge in [0.05, 0.1) is 5.69 Å². The molecule has 30 heavy (non-hydrogen) atoms. The topological polar surface area (TPSA) is 68.3 Å². The molecule has 0 atom stereocenters. The average molecular weight is 426 g/mol. The highest BCUT2D eigenvalue weighted by Gasteiger charge is 2.31. The first-order chi connectivity index (χ1) is 14.2. The number of nitrogens with one attached hydrogen (secondary N) is 2. The van der Waals surface area contributed by atoms with Crippen LogP contribution in [0.1, 0.15) is 0 Å². The zero-order valence-corrected chi connectivity index (χ0v) is 15.4. The van der Waals surface area contributed by atoms with Crippen molar-refractivity contribution in [2.45, 2.75) is 13.0 Å². The second-order valence-electron chi connectivity index (χ2n) is 5.82. The van der Waals surface area contributed by atoms with Crippen LogP contribution in [-0.2, 0) is 0 Å². The van der Waals surface area contributed by atoms with Crippen molar-refractivity contribution in [3.63, 3.8) is 0 Å². The lowest BCUT2D eigenvalue weighted by Gasteiger charge is -2.12. The van der Waals surface area contributed by atoms with Crippen LogP contribution in [0.5, 0.6) is 11.5 Å². The number of anilines is 3. The van der Waals surface area contributed by atoms with Crippen molar-refractivity contribution >= 4 is 17.5 Å². The number of halogens is 5. The van der Waals surface area contributed by atoms with E-state index in [1.807, 2.05) is 0 Å². The second kappa shape index (κ2) is 8.80. The molecule has 1 aromatic heterocycles. The molecule has 0 bridgehead atoms. The van der Waals surface area contributed by atoms with E-state index in [2.05, 4.69) is 30.1 Å². The van der Waals surface area contributed by atoms with E-state index < -0.39 is 13.0 Å². The van der Waals surface area contributed by atoms with Crippen molar-refractivity contribution in [3.05, 3.63) is 54.6 Å². The molecule has 3 rings (SSSR count). The van der Waals surface area contributed by atoms with Gasteiger partial charge >= 0.3 is 13.0 Å². The molecule has 6 nitrogen and oxygen atoms in total. The van der Waals surface area contributed by atoms with Gasteiger partial charge in [-0.1, -0.05) is 12.1 Å². The van der Waals surface area contributed by atoms with Gasteiger partial charge in [-0.05, 0) is 36.4 Å². The second-order valence-corrected chi connectivity index (χ2v) is 5.82. The molecule has 0 saturated carbocycles. The lowest BCUT2D eigenvalue weighted by molar-refractivity contribution is -0.274. The molecule has 0 radical (unpaired) electrons. The van der Waals surface area contributed by atoms with Crippen LogP contribution in [0.25, 0.3) is 11.3 Å². The monoisotopic (exact) mass is 426 g/mol. The molecule has 0 aliphatic carbocycles. The predicted molar refractivity (Wildman–Crippen MR) is 100 cm³/mol. The SMILES string of the molecule is CNc1nc(Nc2ccc(OC(F)F)cc2)cc(-c2cccc(OC(F)(F)F)c2)n1. The van der Waals surface area contributed by atoms with E-state index in [1.54, 1.807) is 13.1 Å². The zero-order valence-electron chi connectivity index (χ0n) is 15.4. The van der Waals surface area contributed by atoms with E-state index in [0.717, 1.165) is 0 Å². The van der Waals surface area contributed by atoms with E-state index >= 15 is 0 Å². The van der Waals surface area contributed by atoms with Crippen LogP contribution in [0, 0.1) is 0 Å². The Morgan fingerprint density at radius 2 is 1.67 bits per heavy atom. The van der Waals surface area contributed by atoms with Crippen molar-refractivity contribution < 1.29 is 31.4 Å². The summed E-state index contributed by atoms with van der Waals surface area (Å²) in [7, 11) is 1.59. The van der Waals surface area contributed by atoms with Crippen LogP contribution in [0.3, 0.4) is 0 Å². The minimum atomic E-state index is -4.81. The van der Waals surface area contributed by atoms with Gasteiger partial charge in [0, 0.05) is 24.4 Å². The molecule has 0 fully saturated rings. The fraction of sp³-hybridized carbons (Fsp3) is 0.158. The Hall–Kier alpha value is -3.63. The smallest absolute Gasteiger partial charge is 0.435 e. The first kappa shape index (κ1) is 21.1. The Balaban J connectivity index is 1.86. The van der Waals surface area contributed by atoms with Gasteiger partial charge in [0.25, 0.3) is 0 Å². The average Bonchev–Trinajstić information content (AvgIpc) is 2.68. The number of hydrogen-bond donors (Lipinski definition) is 2. The zero-order chi connectivity index (χ0) is 21.7. The summed E-state index contributed by atoms with van der Waals surface area (Å²) in [6.07, 6.45) is -4.81. The van der Waals surface area contributed by atoms with E-state index in [9.17, 15) is 22.0 Å². The van der Waals surface area contributed by atoms with Crippen molar-refractivity contribution in [1.29, 1.82) is 0 Å². The molecular formula is C19H15F5N4O2. The normalized spacial score (nSPS) is 11.3. The summed E-state index contributed by atoms with van der Waals surface area (Å²) in [5.74, 6) is 0.161.